The van der Waals surface area contributed by atoms with Crippen molar-refractivity contribution < 1.29 is 8.42 Å². The molecule has 2 N–H and O–H groups in total. The van der Waals surface area contributed by atoms with E-state index in [-0.39, 0.29) is 6.04 Å². The Labute approximate surface area is 113 Å². The molecule has 0 aliphatic carbocycles. The summed E-state index contributed by atoms with van der Waals surface area (Å²) in [7, 11) is -1.53. The Bertz CT molecular complexity index is 497. The van der Waals surface area contributed by atoms with E-state index >= 15 is 0 Å². The van der Waals surface area contributed by atoms with E-state index in [4.69, 9.17) is 0 Å². The second-order valence-corrected chi connectivity index (χ2v) is 7.22. The zero-order valence-electron chi connectivity index (χ0n) is 10.3. The first kappa shape index (κ1) is 13.9. The van der Waals surface area contributed by atoms with Gasteiger partial charge in [0.05, 0.1) is 4.90 Å². The number of benzene rings is 1. The highest BCUT2D eigenvalue weighted by molar-refractivity contribution is 7.99. The van der Waals surface area contributed by atoms with Crippen molar-refractivity contribution in [2.45, 2.75) is 23.9 Å². The Balaban J connectivity index is 2.15. The number of hydrogen-bond donors (Lipinski definition) is 2. The van der Waals surface area contributed by atoms with Crippen LogP contribution in [0, 0.1) is 0 Å². The van der Waals surface area contributed by atoms with Crippen LogP contribution in [0.4, 0.5) is 0 Å². The maximum Gasteiger partial charge on any atom is 0.240 e. The summed E-state index contributed by atoms with van der Waals surface area (Å²) in [6.45, 7) is 0.669. The molecule has 100 valence electrons. The zero-order chi connectivity index (χ0) is 13.0. The molecule has 1 aliphatic heterocycles. The van der Waals surface area contributed by atoms with Crippen molar-refractivity contribution in [1.29, 1.82) is 0 Å². The molecule has 1 heterocycles. The van der Waals surface area contributed by atoms with Crippen LogP contribution in [0.3, 0.4) is 0 Å². The van der Waals surface area contributed by atoms with Crippen molar-refractivity contribution in [2.24, 2.45) is 0 Å². The first-order valence-electron chi connectivity index (χ1n) is 5.95. The fourth-order valence-electron chi connectivity index (χ4n) is 1.94. The van der Waals surface area contributed by atoms with Crippen LogP contribution >= 0.6 is 11.8 Å². The molecular weight excluding hydrogens is 268 g/mol. The van der Waals surface area contributed by atoms with Gasteiger partial charge in [-0.3, -0.25) is 0 Å². The van der Waals surface area contributed by atoms with Crippen LogP contribution in [0.2, 0.25) is 0 Å². The summed E-state index contributed by atoms with van der Waals surface area (Å²) in [4.78, 5) is 0.354. The van der Waals surface area contributed by atoms with E-state index in [9.17, 15) is 8.42 Å². The Morgan fingerprint density at radius 1 is 1.44 bits per heavy atom. The Kier molecular flexibility index (Phi) is 4.66. The van der Waals surface area contributed by atoms with Gasteiger partial charge in [0.15, 0.2) is 0 Å². The van der Waals surface area contributed by atoms with Gasteiger partial charge in [0.2, 0.25) is 10.0 Å². The fourth-order valence-corrected chi connectivity index (χ4v) is 4.54. The van der Waals surface area contributed by atoms with Gasteiger partial charge in [-0.2, -0.15) is 11.8 Å². The maximum absolute atomic E-state index is 12.2. The molecule has 1 fully saturated rings. The molecule has 0 amide bonds. The molecule has 18 heavy (non-hydrogen) atoms. The summed E-state index contributed by atoms with van der Waals surface area (Å²) in [6.07, 6.45) is 0.917. The smallest absolute Gasteiger partial charge is 0.240 e. The lowest BCUT2D eigenvalue weighted by Gasteiger charge is -2.12. The zero-order valence-corrected chi connectivity index (χ0v) is 12.0. The predicted molar refractivity (Wildman–Crippen MR) is 75.3 cm³/mol. The first-order valence-corrected chi connectivity index (χ1v) is 8.59. The molecule has 0 aromatic heterocycles. The third kappa shape index (κ3) is 3.47. The molecular formula is C12H18N2O2S2. The van der Waals surface area contributed by atoms with Gasteiger partial charge >= 0.3 is 0 Å². The summed E-state index contributed by atoms with van der Waals surface area (Å²) in [5.74, 6) is 1.91. The van der Waals surface area contributed by atoms with Crippen LogP contribution in [-0.2, 0) is 16.6 Å². The molecule has 0 radical (unpaired) electrons. The predicted octanol–water partition coefficient (Wildman–Crippen LogP) is 1.19. The summed E-state index contributed by atoms with van der Waals surface area (Å²) < 4.78 is 27.2. The minimum absolute atomic E-state index is 0.0768. The lowest BCUT2D eigenvalue weighted by Crippen LogP contribution is -2.34. The molecule has 0 bridgehead atoms. The van der Waals surface area contributed by atoms with Crippen LogP contribution in [0.25, 0.3) is 0 Å². The van der Waals surface area contributed by atoms with Gasteiger partial charge in [-0.15, -0.1) is 0 Å². The van der Waals surface area contributed by atoms with E-state index in [1.54, 1.807) is 30.0 Å². The van der Waals surface area contributed by atoms with E-state index in [1.165, 1.54) is 0 Å². The summed E-state index contributed by atoms with van der Waals surface area (Å²) in [5.41, 5.74) is 0.973. The van der Waals surface area contributed by atoms with Gasteiger partial charge in [-0.25, -0.2) is 13.1 Å². The average molecular weight is 286 g/mol. The van der Waals surface area contributed by atoms with E-state index in [0.717, 1.165) is 23.5 Å². The van der Waals surface area contributed by atoms with Gasteiger partial charge in [0.1, 0.15) is 0 Å². The van der Waals surface area contributed by atoms with Crippen LogP contribution in [0.5, 0.6) is 0 Å². The monoisotopic (exact) mass is 286 g/mol. The van der Waals surface area contributed by atoms with Crippen molar-refractivity contribution in [1.82, 2.24) is 10.0 Å². The average Bonchev–Trinajstić information content (AvgIpc) is 2.82. The van der Waals surface area contributed by atoms with Crippen LogP contribution in [0.15, 0.2) is 29.2 Å². The standard InChI is InChI=1S/C12H18N2O2S2/c1-13-8-10-3-2-4-12(7-10)18(15,16)14-11-5-6-17-9-11/h2-4,7,11,13-14H,5-6,8-9H2,1H3. The lowest BCUT2D eigenvalue weighted by atomic mass is 10.2. The molecule has 0 saturated carbocycles. The van der Waals surface area contributed by atoms with Gasteiger partial charge in [-0.05, 0) is 36.9 Å². The second-order valence-electron chi connectivity index (χ2n) is 4.36. The minimum Gasteiger partial charge on any atom is -0.316 e. The molecule has 1 atom stereocenters. The quantitative estimate of drug-likeness (QED) is 0.854. The topological polar surface area (TPSA) is 58.2 Å². The Morgan fingerprint density at radius 2 is 2.28 bits per heavy atom. The highest BCUT2D eigenvalue weighted by atomic mass is 32.2. The van der Waals surface area contributed by atoms with Crippen LogP contribution in [-0.4, -0.2) is 33.0 Å². The number of nitrogens with one attached hydrogen (secondary N) is 2. The largest absolute Gasteiger partial charge is 0.316 e. The minimum atomic E-state index is -3.38. The number of thioether (sulfide) groups is 1. The second kappa shape index (κ2) is 6.06. The summed E-state index contributed by atoms with van der Waals surface area (Å²) in [6, 6.07) is 7.14. The Hall–Kier alpha value is -0.560. The molecule has 4 nitrogen and oxygen atoms in total. The van der Waals surface area contributed by atoms with Crippen molar-refractivity contribution in [2.75, 3.05) is 18.6 Å². The number of rotatable bonds is 5. The van der Waals surface area contributed by atoms with Crippen molar-refractivity contribution in [3.63, 3.8) is 0 Å². The van der Waals surface area contributed by atoms with Gasteiger partial charge in [-0.1, -0.05) is 12.1 Å². The summed E-state index contributed by atoms with van der Waals surface area (Å²) >= 11 is 1.79. The van der Waals surface area contributed by atoms with E-state index in [0.29, 0.717) is 11.4 Å². The maximum atomic E-state index is 12.2. The van der Waals surface area contributed by atoms with Crippen molar-refractivity contribution in [3.8, 4) is 0 Å². The third-order valence-corrected chi connectivity index (χ3v) is 5.52. The SMILES string of the molecule is CNCc1cccc(S(=O)(=O)NC2CCSC2)c1. The number of hydrogen-bond acceptors (Lipinski definition) is 4. The molecule has 2 rings (SSSR count). The molecule has 1 aromatic carbocycles. The van der Waals surface area contributed by atoms with Crippen LogP contribution in [0.1, 0.15) is 12.0 Å². The highest BCUT2D eigenvalue weighted by Crippen LogP contribution is 2.20. The van der Waals surface area contributed by atoms with E-state index in [2.05, 4.69) is 10.0 Å². The highest BCUT2D eigenvalue weighted by Gasteiger charge is 2.23. The fraction of sp³-hybridized carbons (Fsp3) is 0.500. The normalized spacial score (nSPS) is 20.2. The summed E-state index contributed by atoms with van der Waals surface area (Å²) in [5, 5.41) is 3.02. The molecule has 0 spiro atoms. The molecule has 6 heteroatoms. The lowest BCUT2D eigenvalue weighted by molar-refractivity contribution is 0.563. The van der Waals surface area contributed by atoms with Crippen LogP contribution < -0.4 is 10.0 Å². The van der Waals surface area contributed by atoms with E-state index in [1.807, 2.05) is 13.1 Å². The van der Waals surface area contributed by atoms with Gasteiger partial charge in [0, 0.05) is 18.3 Å². The van der Waals surface area contributed by atoms with Crippen molar-refractivity contribution >= 4 is 21.8 Å². The van der Waals surface area contributed by atoms with Gasteiger partial charge in [0.25, 0.3) is 0 Å². The Morgan fingerprint density at radius 3 is 2.94 bits per heavy atom. The third-order valence-electron chi connectivity index (χ3n) is 2.84. The van der Waals surface area contributed by atoms with E-state index < -0.39 is 10.0 Å². The molecule has 1 saturated heterocycles. The molecule has 1 unspecified atom stereocenters. The number of sulfonamides is 1. The van der Waals surface area contributed by atoms with Crippen molar-refractivity contribution in [3.05, 3.63) is 29.8 Å². The van der Waals surface area contributed by atoms with Gasteiger partial charge < -0.3 is 5.32 Å². The first-order chi connectivity index (χ1) is 8.62. The molecule has 1 aliphatic rings. The molecule has 1 aromatic rings.